The van der Waals surface area contributed by atoms with Crippen molar-refractivity contribution in [2.45, 2.75) is 12.8 Å². The van der Waals surface area contributed by atoms with E-state index in [2.05, 4.69) is 0 Å². The zero-order chi connectivity index (χ0) is 20.5. The lowest BCUT2D eigenvalue weighted by Gasteiger charge is -2.35. The largest absolute Gasteiger partial charge is 0.335 e. The highest BCUT2D eigenvalue weighted by molar-refractivity contribution is 6.35. The quantitative estimate of drug-likeness (QED) is 0.655. The molecule has 0 bridgehead atoms. The second kappa shape index (κ2) is 7.69. The van der Waals surface area contributed by atoms with Crippen molar-refractivity contribution in [2.24, 2.45) is 7.05 Å². The van der Waals surface area contributed by atoms with Gasteiger partial charge >= 0.3 is 11.8 Å². The zero-order valence-corrected chi connectivity index (χ0v) is 16.5. The number of nitrogens with zero attached hydrogens (tertiary/aromatic N) is 4. The second-order valence-corrected chi connectivity index (χ2v) is 7.56. The van der Waals surface area contributed by atoms with Gasteiger partial charge in [-0.25, -0.2) is 0 Å². The molecule has 2 aliphatic heterocycles. The van der Waals surface area contributed by atoms with Crippen LogP contribution in [0.2, 0.25) is 0 Å². The summed E-state index contributed by atoms with van der Waals surface area (Å²) < 4.78 is 1.52. The Morgan fingerprint density at radius 1 is 0.793 bits per heavy atom. The summed E-state index contributed by atoms with van der Waals surface area (Å²) in [5, 5.41) is 0.724. The van der Waals surface area contributed by atoms with Gasteiger partial charge in [-0.1, -0.05) is 18.2 Å². The van der Waals surface area contributed by atoms with Crippen molar-refractivity contribution < 1.29 is 14.4 Å². The summed E-state index contributed by atoms with van der Waals surface area (Å²) in [6.45, 7) is 2.57. The Hall–Kier alpha value is -3.16. The molecule has 3 heterocycles. The average Bonchev–Trinajstić information content (AvgIpc) is 3.30. The van der Waals surface area contributed by atoms with E-state index >= 15 is 0 Å². The first kappa shape index (κ1) is 19.2. The molecule has 0 saturated carbocycles. The molecule has 0 aliphatic carbocycles. The minimum absolute atomic E-state index is 0.225. The highest BCUT2D eigenvalue weighted by atomic mass is 16.2. The van der Waals surface area contributed by atoms with Crippen molar-refractivity contribution in [2.75, 3.05) is 39.3 Å². The van der Waals surface area contributed by atoms with Gasteiger partial charge in [-0.2, -0.15) is 0 Å². The van der Waals surface area contributed by atoms with Crippen LogP contribution in [0.3, 0.4) is 0 Å². The molecule has 0 atom stereocenters. The number of amides is 3. The third kappa shape index (κ3) is 3.50. The van der Waals surface area contributed by atoms with Crippen molar-refractivity contribution in [3.63, 3.8) is 0 Å². The third-order valence-corrected chi connectivity index (χ3v) is 5.81. The maximum Gasteiger partial charge on any atom is 0.312 e. The lowest BCUT2D eigenvalue weighted by atomic mass is 10.1. The molecule has 1 aromatic carbocycles. The first-order chi connectivity index (χ1) is 14.0. The molecule has 2 fully saturated rings. The normalized spacial score (nSPS) is 17.1. The predicted octanol–water partition coefficient (Wildman–Crippen LogP) is 0.445. The Morgan fingerprint density at radius 2 is 1.34 bits per heavy atom. The summed E-state index contributed by atoms with van der Waals surface area (Å²) in [6.07, 6.45) is 1.87. The van der Waals surface area contributed by atoms with Crippen LogP contribution in [0.15, 0.2) is 35.1 Å². The monoisotopic (exact) mass is 396 g/mol. The van der Waals surface area contributed by atoms with Gasteiger partial charge in [0.1, 0.15) is 0 Å². The summed E-state index contributed by atoms with van der Waals surface area (Å²) >= 11 is 0. The van der Waals surface area contributed by atoms with E-state index in [-0.39, 0.29) is 11.5 Å². The van der Waals surface area contributed by atoms with E-state index in [0.29, 0.717) is 50.3 Å². The molecule has 8 nitrogen and oxygen atoms in total. The van der Waals surface area contributed by atoms with Gasteiger partial charge in [-0.15, -0.1) is 0 Å². The smallest absolute Gasteiger partial charge is 0.312 e. The minimum Gasteiger partial charge on any atom is -0.335 e. The lowest BCUT2D eigenvalue weighted by Crippen LogP contribution is -2.54. The Labute approximate surface area is 168 Å². The van der Waals surface area contributed by atoms with Gasteiger partial charge in [0, 0.05) is 57.8 Å². The van der Waals surface area contributed by atoms with E-state index < -0.39 is 11.8 Å². The van der Waals surface area contributed by atoms with Crippen LogP contribution in [0, 0.1) is 0 Å². The molecule has 29 heavy (non-hydrogen) atoms. The van der Waals surface area contributed by atoms with Gasteiger partial charge in [0.25, 0.3) is 11.5 Å². The highest BCUT2D eigenvalue weighted by Gasteiger charge is 2.32. The standard InChI is InChI=1S/C21H24N4O4/c1-22-17-7-3-2-6-15(17)16(14-18(22)26)19(27)24-10-12-25(13-11-24)21(29)20(28)23-8-4-5-9-23/h2-3,6-7,14H,4-5,8-13H2,1H3. The van der Waals surface area contributed by atoms with Crippen molar-refractivity contribution in [3.05, 3.63) is 46.2 Å². The highest BCUT2D eigenvalue weighted by Crippen LogP contribution is 2.19. The Morgan fingerprint density at radius 3 is 2.00 bits per heavy atom. The zero-order valence-electron chi connectivity index (χ0n) is 16.5. The molecular formula is C21H24N4O4. The Kier molecular flexibility index (Phi) is 5.08. The number of aromatic nitrogens is 1. The molecule has 152 valence electrons. The lowest BCUT2D eigenvalue weighted by molar-refractivity contribution is -0.152. The second-order valence-electron chi connectivity index (χ2n) is 7.56. The molecule has 2 aliphatic rings. The predicted molar refractivity (Wildman–Crippen MR) is 107 cm³/mol. The van der Waals surface area contributed by atoms with E-state index in [0.717, 1.165) is 18.2 Å². The van der Waals surface area contributed by atoms with Gasteiger partial charge in [-0.3, -0.25) is 19.2 Å². The SMILES string of the molecule is Cn1c(=O)cc(C(=O)N2CCN(C(=O)C(=O)N3CCCC3)CC2)c2ccccc21. The van der Waals surface area contributed by atoms with Gasteiger partial charge in [0.15, 0.2) is 0 Å². The van der Waals surface area contributed by atoms with Crippen LogP contribution in [-0.4, -0.2) is 76.3 Å². The maximum absolute atomic E-state index is 13.1. The summed E-state index contributed by atoms with van der Waals surface area (Å²) in [5.74, 6) is -1.16. The summed E-state index contributed by atoms with van der Waals surface area (Å²) in [7, 11) is 1.68. The van der Waals surface area contributed by atoms with Crippen molar-refractivity contribution in [3.8, 4) is 0 Å². The van der Waals surface area contributed by atoms with Crippen LogP contribution in [0.25, 0.3) is 10.9 Å². The van der Waals surface area contributed by atoms with Crippen molar-refractivity contribution in [1.29, 1.82) is 0 Å². The van der Waals surface area contributed by atoms with Crippen LogP contribution >= 0.6 is 0 Å². The number of piperazine rings is 1. The van der Waals surface area contributed by atoms with Crippen molar-refractivity contribution >= 4 is 28.6 Å². The summed E-state index contributed by atoms with van der Waals surface area (Å²) in [6, 6.07) is 8.69. The molecule has 0 spiro atoms. The molecule has 0 N–H and O–H groups in total. The van der Waals surface area contributed by atoms with Crippen LogP contribution < -0.4 is 5.56 Å². The Bertz CT molecular complexity index is 1030. The number of carbonyl (C=O) groups excluding carboxylic acids is 3. The summed E-state index contributed by atoms with van der Waals surface area (Å²) in [4.78, 5) is 54.9. The fourth-order valence-electron chi connectivity index (χ4n) is 4.06. The molecule has 0 unspecified atom stereocenters. The number of hydrogen-bond acceptors (Lipinski definition) is 4. The molecule has 2 saturated heterocycles. The number of carbonyl (C=O) groups is 3. The molecule has 8 heteroatoms. The van der Waals surface area contributed by atoms with E-state index in [9.17, 15) is 19.2 Å². The molecule has 0 radical (unpaired) electrons. The fraction of sp³-hybridized carbons (Fsp3) is 0.429. The van der Waals surface area contributed by atoms with E-state index in [4.69, 9.17) is 0 Å². The first-order valence-electron chi connectivity index (χ1n) is 9.93. The number of aryl methyl sites for hydroxylation is 1. The minimum atomic E-state index is -0.488. The number of para-hydroxylation sites is 1. The van der Waals surface area contributed by atoms with Gasteiger partial charge in [-0.05, 0) is 18.9 Å². The first-order valence-corrected chi connectivity index (χ1v) is 9.93. The number of pyridine rings is 1. The van der Waals surface area contributed by atoms with Crippen LogP contribution in [0.4, 0.5) is 0 Å². The molecule has 3 amide bonds. The van der Waals surface area contributed by atoms with Crippen molar-refractivity contribution in [1.82, 2.24) is 19.3 Å². The number of likely N-dealkylation sites (tertiary alicyclic amines) is 1. The summed E-state index contributed by atoms with van der Waals surface area (Å²) in [5.41, 5.74) is 0.835. The van der Waals surface area contributed by atoms with Gasteiger partial charge in [0.2, 0.25) is 0 Å². The van der Waals surface area contributed by atoms with Crippen LogP contribution in [0.1, 0.15) is 23.2 Å². The Balaban J connectivity index is 1.48. The van der Waals surface area contributed by atoms with Crippen LogP contribution in [0.5, 0.6) is 0 Å². The number of benzene rings is 1. The van der Waals surface area contributed by atoms with E-state index in [1.165, 1.54) is 15.5 Å². The van der Waals surface area contributed by atoms with Crippen LogP contribution in [-0.2, 0) is 16.6 Å². The number of fused-ring (bicyclic) bond motifs is 1. The molecule has 1 aromatic heterocycles. The number of hydrogen-bond donors (Lipinski definition) is 0. The van der Waals surface area contributed by atoms with E-state index in [1.807, 2.05) is 24.3 Å². The fourth-order valence-corrected chi connectivity index (χ4v) is 4.06. The number of rotatable bonds is 1. The molecule has 2 aromatic rings. The molecule has 4 rings (SSSR count). The maximum atomic E-state index is 13.1. The van der Waals surface area contributed by atoms with E-state index in [1.54, 1.807) is 16.8 Å². The average molecular weight is 396 g/mol. The topological polar surface area (TPSA) is 82.9 Å². The van der Waals surface area contributed by atoms with Gasteiger partial charge < -0.3 is 19.3 Å². The third-order valence-electron chi connectivity index (χ3n) is 5.81. The van der Waals surface area contributed by atoms with Gasteiger partial charge in [0.05, 0.1) is 11.1 Å². The molecular weight excluding hydrogens is 372 g/mol.